The van der Waals surface area contributed by atoms with Gasteiger partial charge in [0.1, 0.15) is 5.75 Å². The summed E-state index contributed by atoms with van der Waals surface area (Å²) in [6.07, 6.45) is 3.79. The van der Waals surface area contributed by atoms with E-state index in [-0.39, 0.29) is 0 Å². The van der Waals surface area contributed by atoms with Crippen LogP contribution < -0.4 is 15.4 Å². The van der Waals surface area contributed by atoms with E-state index in [1.165, 1.54) is 31.4 Å². The number of methoxy groups -OCH3 is 1. The van der Waals surface area contributed by atoms with Gasteiger partial charge in [0.2, 0.25) is 0 Å². The minimum atomic E-state index is 0.659. The van der Waals surface area contributed by atoms with Gasteiger partial charge in [-0.1, -0.05) is 12.1 Å². The second kappa shape index (κ2) is 6.62. The van der Waals surface area contributed by atoms with E-state index in [0.29, 0.717) is 6.04 Å². The summed E-state index contributed by atoms with van der Waals surface area (Å²) >= 11 is 0. The van der Waals surface area contributed by atoms with Crippen molar-refractivity contribution in [3.05, 3.63) is 29.8 Å². The molecule has 0 bridgehead atoms. The number of rotatable bonds is 4. The summed E-state index contributed by atoms with van der Waals surface area (Å²) in [7, 11) is 1.70. The molecule has 0 amide bonds. The maximum atomic E-state index is 5.15. The van der Waals surface area contributed by atoms with E-state index in [4.69, 9.17) is 4.74 Å². The van der Waals surface area contributed by atoms with Gasteiger partial charge in [-0.05, 0) is 50.0 Å². The molecule has 2 N–H and O–H groups in total. The zero-order valence-corrected chi connectivity index (χ0v) is 10.5. The zero-order chi connectivity index (χ0) is 11.9. The predicted octanol–water partition coefficient (Wildman–Crippen LogP) is 1.93. The lowest BCUT2D eigenvalue weighted by molar-refractivity contribution is 0.414. The van der Waals surface area contributed by atoms with Crippen LogP contribution in [-0.4, -0.2) is 26.2 Å². The summed E-state index contributed by atoms with van der Waals surface area (Å²) in [5, 5.41) is 7.07. The number of nitrogens with one attached hydrogen (secondary N) is 2. The topological polar surface area (TPSA) is 33.3 Å². The Morgan fingerprint density at radius 2 is 2.06 bits per heavy atom. The standard InChI is InChI=1S/C14H22N2O/c1-17-14-6-4-12(5-7-14)11-16-13-3-2-9-15-10-8-13/h4-7,13,15-16H,2-3,8-11H2,1H3. The fourth-order valence-electron chi connectivity index (χ4n) is 2.23. The van der Waals surface area contributed by atoms with Gasteiger partial charge < -0.3 is 15.4 Å². The van der Waals surface area contributed by atoms with Crippen LogP contribution in [0.15, 0.2) is 24.3 Å². The number of ether oxygens (including phenoxy) is 1. The highest BCUT2D eigenvalue weighted by atomic mass is 16.5. The van der Waals surface area contributed by atoms with Crippen LogP contribution in [0.2, 0.25) is 0 Å². The summed E-state index contributed by atoms with van der Waals surface area (Å²) in [5.41, 5.74) is 1.32. The first kappa shape index (κ1) is 12.4. The molecule has 0 aromatic heterocycles. The molecular formula is C14H22N2O. The zero-order valence-electron chi connectivity index (χ0n) is 10.5. The Bertz CT molecular complexity index is 315. The maximum Gasteiger partial charge on any atom is 0.118 e. The molecule has 1 aromatic carbocycles. The molecule has 0 spiro atoms. The van der Waals surface area contributed by atoms with Crippen LogP contribution in [0, 0.1) is 0 Å². The molecule has 1 unspecified atom stereocenters. The minimum absolute atomic E-state index is 0.659. The Balaban J connectivity index is 1.79. The molecule has 3 heteroatoms. The third kappa shape index (κ3) is 4.02. The minimum Gasteiger partial charge on any atom is -0.497 e. The second-order valence-electron chi connectivity index (χ2n) is 4.61. The molecular weight excluding hydrogens is 212 g/mol. The first-order valence-electron chi connectivity index (χ1n) is 6.45. The average Bonchev–Trinajstić information content (AvgIpc) is 2.65. The summed E-state index contributed by atoms with van der Waals surface area (Å²) in [4.78, 5) is 0. The fourth-order valence-corrected chi connectivity index (χ4v) is 2.23. The van der Waals surface area contributed by atoms with Crippen molar-refractivity contribution in [3.63, 3.8) is 0 Å². The van der Waals surface area contributed by atoms with Gasteiger partial charge in [0.25, 0.3) is 0 Å². The number of hydrogen-bond acceptors (Lipinski definition) is 3. The van der Waals surface area contributed by atoms with Crippen LogP contribution in [0.25, 0.3) is 0 Å². The molecule has 0 radical (unpaired) electrons. The highest BCUT2D eigenvalue weighted by Gasteiger charge is 2.10. The van der Waals surface area contributed by atoms with Gasteiger partial charge in [0, 0.05) is 12.6 Å². The van der Waals surface area contributed by atoms with Crippen molar-refractivity contribution < 1.29 is 4.74 Å². The molecule has 1 atom stereocenters. The quantitative estimate of drug-likeness (QED) is 0.835. The van der Waals surface area contributed by atoms with Crippen LogP contribution in [0.5, 0.6) is 5.75 Å². The summed E-state index contributed by atoms with van der Waals surface area (Å²) in [5.74, 6) is 0.924. The monoisotopic (exact) mass is 234 g/mol. The van der Waals surface area contributed by atoms with Crippen molar-refractivity contribution in [2.45, 2.75) is 31.8 Å². The van der Waals surface area contributed by atoms with E-state index in [1.807, 2.05) is 12.1 Å². The second-order valence-corrected chi connectivity index (χ2v) is 4.61. The van der Waals surface area contributed by atoms with Crippen LogP contribution in [0.3, 0.4) is 0 Å². The molecule has 3 nitrogen and oxygen atoms in total. The number of hydrogen-bond donors (Lipinski definition) is 2. The molecule has 1 saturated heterocycles. The SMILES string of the molecule is COc1ccc(CNC2CCCNCC2)cc1. The van der Waals surface area contributed by atoms with Gasteiger partial charge in [-0.15, -0.1) is 0 Å². The van der Waals surface area contributed by atoms with Crippen LogP contribution in [0.4, 0.5) is 0 Å². The Morgan fingerprint density at radius 3 is 2.82 bits per heavy atom. The molecule has 1 aliphatic rings. The van der Waals surface area contributed by atoms with Crippen LogP contribution in [0.1, 0.15) is 24.8 Å². The van der Waals surface area contributed by atoms with E-state index in [0.717, 1.165) is 18.8 Å². The van der Waals surface area contributed by atoms with Crippen LogP contribution >= 0.6 is 0 Å². The van der Waals surface area contributed by atoms with Crippen molar-refractivity contribution in [1.29, 1.82) is 0 Å². The number of benzene rings is 1. The molecule has 2 rings (SSSR count). The van der Waals surface area contributed by atoms with Crippen molar-refractivity contribution in [3.8, 4) is 5.75 Å². The van der Waals surface area contributed by atoms with Gasteiger partial charge in [-0.2, -0.15) is 0 Å². The Kier molecular flexibility index (Phi) is 4.83. The largest absolute Gasteiger partial charge is 0.497 e. The van der Waals surface area contributed by atoms with E-state index in [2.05, 4.69) is 22.8 Å². The summed E-state index contributed by atoms with van der Waals surface area (Å²) < 4.78 is 5.15. The maximum absolute atomic E-state index is 5.15. The average molecular weight is 234 g/mol. The highest BCUT2D eigenvalue weighted by molar-refractivity contribution is 5.27. The summed E-state index contributed by atoms with van der Waals surface area (Å²) in [6.45, 7) is 3.26. The molecule has 0 saturated carbocycles. The summed E-state index contributed by atoms with van der Waals surface area (Å²) in [6, 6.07) is 8.95. The van der Waals surface area contributed by atoms with E-state index < -0.39 is 0 Å². The molecule has 17 heavy (non-hydrogen) atoms. The molecule has 94 valence electrons. The molecule has 1 heterocycles. The molecule has 0 aliphatic carbocycles. The highest BCUT2D eigenvalue weighted by Crippen LogP contribution is 2.12. The fraction of sp³-hybridized carbons (Fsp3) is 0.571. The molecule has 1 aliphatic heterocycles. The predicted molar refractivity (Wildman–Crippen MR) is 70.3 cm³/mol. The first-order chi connectivity index (χ1) is 8.38. The van der Waals surface area contributed by atoms with Gasteiger partial charge in [-0.3, -0.25) is 0 Å². The van der Waals surface area contributed by atoms with Crippen LogP contribution in [-0.2, 0) is 6.54 Å². The molecule has 1 aromatic rings. The third-order valence-electron chi connectivity index (χ3n) is 3.33. The van der Waals surface area contributed by atoms with Gasteiger partial charge in [-0.25, -0.2) is 0 Å². The van der Waals surface area contributed by atoms with E-state index in [9.17, 15) is 0 Å². The third-order valence-corrected chi connectivity index (χ3v) is 3.33. The van der Waals surface area contributed by atoms with Gasteiger partial charge in [0.05, 0.1) is 7.11 Å². The smallest absolute Gasteiger partial charge is 0.118 e. The Morgan fingerprint density at radius 1 is 1.24 bits per heavy atom. The van der Waals surface area contributed by atoms with Crippen molar-refractivity contribution in [1.82, 2.24) is 10.6 Å². The van der Waals surface area contributed by atoms with Gasteiger partial charge >= 0.3 is 0 Å². The Labute approximate surface area is 104 Å². The van der Waals surface area contributed by atoms with Gasteiger partial charge in [0.15, 0.2) is 0 Å². The lowest BCUT2D eigenvalue weighted by atomic mass is 10.1. The molecule has 1 fully saturated rings. The van der Waals surface area contributed by atoms with Crippen molar-refractivity contribution >= 4 is 0 Å². The lowest BCUT2D eigenvalue weighted by Crippen LogP contribution is -2.29. The first-order valence-corrected chi connectivity index (χ1v) is 6.45. The van der Waals surface area contributed by atoms with Crippen molar-refractivity contribution in [2.75, 3.05) is 20.2 Å². The van der Waals surface area contributed by atoms with E-state index >= 15 is 0 Å². The lowest BCUT2D eigenvalue weighted by Gasteiger charge is -2.15. The Hall–Kier alpha value is -1.06. The normalized spacial score (nSPS) is 20.9. The van der Waals surface area contributed by atoms with E-state index in [1.54, 1.807) is 7.11 Å². The van der Waals surface area contributed by atoms with Crippen molar-refractivity contribution in [2.24, 2.45) is 0 Å².